The highest BCUT2D eigenvalue weighted by atomic mass is 32.2. The van der Waals surface area contributed by atoms with Crippen molar-refractivity contribution in [2.24, 2.45) is 5.73 Å². The molecule has 0 aliphatic rings. The van der Waals surface area contributed by atoms with Crippen LogP contribution in [0.15, 0.2) is 23.1 Å². The molecule has 17 heavy (non-hydrogen) atoms. The van der Waals surface area contributed by atoms with E-state index in [0.717, 1.165) is 11.1 Å². The second-order valence-corrected chi connectivity index (χ2v) is 7.18. The fourth-order valence-corrected chi connectivity index (χ4v) is 3.39. The highest BCUT2D eigenvalue weighted by molar-refractivity contribution is 7.92. The van der Waals surface area contributed by atoms with Crippen LogP contribution in [0.5, 0.6) is 0 Å². The number of aryl methyl sites for hydroxylation is 2. The molecule has 1 aromatic carbocycles. The summed E-state index contributed by atoms with van der Waals surface area (Å²) < 4.78 is 24.6. The lowest BCUT2D eigenvalue weighted by atomic mass is 10.1. The molecule has 0 aromatic heterocycles. The van der Waals surface area contributed by atoms with Gasteiger partial charge in [0.05, 0.1) is 10.1 Å². The predicted octanol–water partition coefficient (Wildman–Crippen LogP) is 2.20. The average Bonchev–Trinajstić information content (AvgIpc) is 2.20. The Labute approximate surface area is 104 Å². The van der Waals surface area contributed by atoms with Gasteiger partial charge in [0.2, 0.25) is 0 Å². The highest BCUT2D eigenvalue weighted by Gasteiger charge is 2.24. The fraction of sp³-hybridized carbons (Fsp3) is 0.538. The van der Waals surface area contributed by atoms with Crippen LogP contribution in [0.4, 0.5) is 0 Å². The lowest BCUT2D eigenvalue weighted by Crippen LogP contribution is -2.27. The third kappa shape index (κ3) is 3.30. The summed E-state index contributed by atoms with van der Waals surface area (Å²) in [6.45, 7) is 7.43. The molecule has 3 nitrogen and oxygen atoms in total. The van der Waals surface area contributed by atoms with E-state index < -0.39 is 15.1 Å². The molecule has 2 atom stereocenters. The third-order valence-electron chi connectivity index (χ3n) is 3.04. The van der Waals surface area contributed by atoms with E-state index in [4.69, 9.17) is 5.73 Å². The van der Waals surface area contributed by atoms with Crippen LogP contribution in [0.3, 0.4) is 0 Å². The Bertz CT molecular complexity index is 492. The average molecular weight is 255 g/mol. The molecular formula is C13H21NO2S. The van der Waals surface area contributed by atoms with Gasteiger partial charge in [-0.3, -0.25) is 0 Å². The molecule has 1 rings (SSSR count). The molecule has 0 aliphatic heterocycles. The van der Waals surface area contributed by atoms with Gasteiger partial charge in [0, 0.05) is 6.04 Å². The number of nitrogens with two attached hydrogens (primary N) is 1. The first kappa shape index (κ1) is 14.2. The van der Waals surface area contributed by atoms with Crippen molar-refractivity contribution in [1.82, 2.24) is 0 Å². The molecule has 0 aliphatic carbocycles. The van der Waals surface area contributed by atoms with Gasteiger partial charge in [-0.1, -0.05) is 6.07 Å². The van der Waals surface area contributed by atoms with Crippen molar-refractivity contribution >= 4 is 9.84 Å². The molecule has 0 radical (unpaired) electrons. The van der Waals surface area contributed by atoms with Crippen LogP contribution in [-0.2, 0) is 9.84 Å². The van der Waals surface area contributed by atoms with E-state index in [-0.39, 0.29) is 6.04 Å². The van der Waals surface area contributed by atoms with Crippen LogP contribution >= 0.6 is 0 Å². The van der Waals surface area contributed by atoms with E-state index in [0.29, 0.717) is 11.3 Å². The van der Waals surface area contributed by atoms with Gasteiger partial charge in [-0.2, -0.15) is 0 Å². The lowest BCUT2D eigenvalue weighted by Gasteiger charge is -2.15. The fourth-order valence-electron chi connectivity index (χ4n) is 1.77. The van der Waals surface area contributed by atoms with Crippen molar-refractivity contribution in [3.8, 4) is 0 Å². The number of benzene rings is 1. The molecule has 2 unspecified atom stereocenters. The molecule has 0 saturated carbocycles. The standard InChI is InChI=1S/C13H21NO2S/c1-9-5-6-13(7-10(9)2)17(15,16)12(4)8-11(3)14/h5-7,11-12H,8,14H2,1-4H3. The largest absolute Gasteiger partial charge is 0.328 e. The zero-order valence-corrected chi connectivity index (χ0v) is 11.7. The summed E-state index contributed by atoms with van der Waals surface area (Å²) in [4.78, 5) is 0.397. The number of hydrogen-bond donors (Lipinski definition) is 1. The summed E-state index contributed by atoms with van der Waals surface area (Å²) in [5.74, 6) is 0. The Morgan fingerprint density at radius 2 is 1.76 bits per heavy atom. The van der Waals surface area contributed by atoms with Crippen molar-refractivity contribution in [3.63, 3.8) is 0 Å². The van der Waals surface area contributed by atoms with Gasteiger partial charge in [0.25, 0.3) is 0 Å². The zero-order chi connectivity index (χ0) is 13.2. The van der Waals surface area contributed by atoms with E-state index in [9.17, 15) is 8.42 Å². The van der Waals surface area contributed by atoms with Crippen molar-refractivity contribution < 1.29 is 8.42 Å². The topological polar surface area (TPSA) is 60.2 Å². The molecule has 1 aromatic rings. The van der Waals surface area contributed by atoms with Gasteiger partial charge in [-0.05, 0) is 57.4 Å². The smallest absolute Gasteiger partial charge is 0.181 e. The Hall–Kier alpha value is -0.870. The summed E-state index contributed by atoms with van der Waals surface area (Å²) in [5, 5.41) is -0.440. The Balaban J connectivity index is 3.09. The molecule has 2 N–H and O–H groups in total. The van der Waals surface area contributed by atoms with E-state index in [1.807, 2.05) is 26.8 Å². The van der Waals surface area contributed by atoms with Gasteiger partial charge < -0.3 is 5.73 Å². The first-order valence-corrected chi connectivity index (χ1v) is 7.36. The van der Waals surface area contributed by atoms with E-state index in [1.165, 1.54) is 0 Å². The van der Waals surface area contributed by atoms with Gasteiger partial charge in [-0.15, -0.1) is 0 Å². The molecule has 0 fully saturated rings. The van der Waals surface area contributed by atoms with Gasteiger partial charge in [0.15, 0.2) is 9.84 Å². The quantitative estimate of drug-likeness (QED) is 0.897. The second-order valence-electron chi connectivity index (χ2n) is 4.81. The minimum absolute atomic E-state index is 0.105. The minimum atomic E-state index is -3.25. The molecule has 96 valence electrons. The molecule has 0 heterocycles. The third-order valence-corrected chi connectivity index (χ3v) is 5.20. The van der Waals surface area contributed by atoms with Crippen LogP contribution in [0.25, 0.3) is 0 Å². The van der Waals surface area contributed by atoms with Gasteiger partial charge >= 0.3 is 0 Å². The van der Waals surface area contributed by atoms with E-state index in [1.54, 1.807) is 19.1 Å². The van der Waals surface area contributed by atoms with Gasteiger partial charge in [0.1, 0.15) is 0 Å². The lowest BCUT2D eigenvalue weighted by molar-refractivity contribution is 0.563. The van der Waals surface area contributed by atoms with E-state index >= 15 is 0 Å². The van der Waals surface area contributed by atoms with Crippen LogP contribution in [-0.4, -0.2) is 19.7 Å². The SMILES string of the molecule is Cc1ccc(S(=O)(=O)C(C)CC(C)N)cc1C. The van der Waals surface area contributed by atoms with E-state index in [2.05, 4.69) is 0 Å². The van der Waals surface area contributed by atoms with Crippen molar-refractivity contribution in [2.45, 2.75) is 50.3 Å². The first-order chi connectivity index (χ1) is 7.75. The minimum Gasteiger partial charge on any atom is -0.328 e. The maximum Gasteiger partial charge on any atom is 0.181 e. The maximum absolute atomic E-state index is 12.3. The monoisotopic (exact) mass is 255 g/mol. The highest BCUT2D eigenvalue weighted by Crippen LogP contribution is 2.21. The first-order valence-electron chi connectivity index (χ1n) is 5.82. The summed E-state index contributed by atoms with van der Waals surface area (Å²) in [5.41, 5.74) is 7.76. The van der Waals surface area contributed by atoms with Crippen molar-refractivity contribution in [3.05, 3.63) is 29.3 Å². The summed E-state index contributed by atoms with van der Waals surface area (Å²) >= 11 is 0. The molecule has 0 amide bonds. The normalized spacial score (nSPS) is 15.6. The molecular weight excluding hydrogens is 234 g/mol. The number of hydrogen-bond acceptors (Lipinski definition) is 3. The summed E-state index contributed by atoms with van der Waals surface area (Å²) in [6.07, 6.45) is 0.481. The van der Waals surface area contributed by atoms with Crippen LogP contribution < -0.4 is 5.73 Å². The molecule has 0 saturated heterocycles. The zero-order valence-electron chi connectivity index (χ0n) is 10.9. The van der Waals surface area contributed by atoms with Crippen LogP contribution in [0, 0.1) is 13.8 Å². The van der Waals surface area contributed by atoms with Gasteiger partial charge in [-0.25, -0.2) is 8.42 Å². The maximum atomic E-state index is 12.3. The Morgan fingerprint density at radius 1 is 1.18 bits per heavy atom. The second kappa shape index (κ2) is 5.19. The molecule has 0 spiro atoms. The van der Waals surface area contributed by atoms with Crippen molar-refractivity contribution in [1.29, 1.82) is 0 Å². The number of rotatable bonds is 4. The summed E-state index contributed by atoms with van der Waals surface area (Å²) in [7, 11) is -3.25. The molecule has 0 bridgehead atoms. The Kier molecular flexibility index (Phi) is 4.33. The Morgan fingerprint density at radius 3 is 2.24 bits per heavy atom. The summed E-state index contributed by atoms with van der Waals surface area (Å²) in [6, 6.07) is 5.16. The van der Waals surface area contributed by atoms with Crippen LogP contribution in [0.1, 0.15) is 31.4 Å². The van der Waals surface area contributed by atoms with Crippen molar-refractivity contribution in [2.75, 3.05) is 0 Å². The number of sulfone groups is 1. The predicted molar refractivity (Wildman–Crippen MR) is 70.8 cm³/mol. The molecule has 4 heteroatoms. The van der Waals surface area contributed by atoms with Crippen LogP contribution in [0.2, 0.25) is 0 Å².